The number of nitrogens with one attached hydrogen (secondary N) is 1. The van der Waals surface area contributed by atoms with E-state index < -0.39 is 0 Å². The van der Waals surface area contributed by atoms with Crippen molar-refractivity contribution in [2.24, 2.45) is 0 Å². The van der Waals surface area contributed by atoms with E-state index in [2.05, 4.69) is 59.5 Å². The van der Waals surface area contributed by atoms with Gasteiger partial charge in [0.15, 0.2) is 0 Å². The molecule has 0 aliphatic heterocycles. The Hall–Kier alpha value is -1.87. The van der Waals surface area contributed by atoms with Gasteiger partial charge in [0.25, 0.3) is 0 Å². The van der Waals surface area contributed by atoms with Gasteiger partial charge in [0.1, 0.15) is 5.82 Å². The summed E-state index contributed by atoms with van der Waals surface area (Å²) in [5, 5.41) is 3.16. The summed E-state index contributed by atoms with van der Waals surface area (Å²) in [7, 11) is 4.03. The molecule has 0 fully saturated rings. The molecule has 2 rings (SSSR count). The quantitative estimate of drug-likeness (QED) is 0.890. The Balaban J connectivity index is 2.11. The maximum Gasteiger partial charge on any atom is 0.128 e. The molecule has 0 atom stereocenters. The topological polar surface area (TPSA) is 28.2 Å². The van der Waals surface area contributed by atoms with Crippen molar-refractivity contribution in [2.45, 2.75) is 20.0 Å². The maximum atomic E-state index is 4.44. The summed E-state index contributed by atoms with van der Waals surface area (Å²) >= 11 is 0. The van der Waals surface area contributed by atoms with Crippen LogP contribution in [-0.2, 0) is 13.1 Å². The van der Waals surface area contributed by atoms with Gasteiger partial charge < -0.3 is 10.2 Å². The molecule has 0 spiro atoms. The molecule has 2 aromatic rings. The van der Waals surface area contributed by atoms with Gasteiger partial charge in [-0.05, 0) is 37.2 Å². The van der Waals surface area contributed by atoms with Crippen LogP contribution in [0.4, 0.5) is 5.82 Å². The smallest absolute Gasteiger partial charge is 0.128 e. The number of pyridine rings is 1. The second kappa shape index (κ2) is 6.34. The average Bonchev–Trinajstić information content (AvgIpc) is 2.39. The molecule has 0 aliphatic carbocycles. The van der Waals surface area contributed by atoms with E-state index in [0.717, 1.165) is 18.9 Å². The minimum atomic E-state index is 0.869. The van der Waals surface area contributed by atoms with Crippen molar-refractivity contribution in [3.05, 3.63) is 59.3 Å². The van der Waals surface area contributed by atoms with Crippen LogP contribution in [0.1, 0.15) is 16.7 Å². The fourth-order valence-corrected chi connectivity index (χ4v) is 2.15. The number of hydrogen-bond acceptors (Lipinski definition) is 3. The number of hydrogen-bond donors (Lipinski definition) is 1. The zero-order valence-electron chi connectivity index (χ0n) is 11.9. The van der Waals surface area contributed by atoms with Crippen LogP contribution in [-0.4, -0.2) is 19.1 Å². The summed E-state index contributed by atoms with van der Waals surface area (Å²) in [5.74, 6) is 1.01. The predicted octanol–water partition coefficient (Wildman–Crippen LogP) is 2.75. The lowest BCUT2D eigenvalue weighted by Crippen LogP contribution is -2.18. The highest BCUT2D eigenvalue weighted by Gasteiger charge is 2.04. The number of anilines is 1. The largest absolute Gasteiger partial charge is 0.355 e. The Morgan fingerprint density at radius 1 is 1.16 bits per heavy atom. The lowest BCUT2D eigenvalue weighted by atomic mass is 10.1. The van der Waals surface area contributed by atoms with E-state index in [1.54, 1.807) is 0 Å². The van der Waals surface area contributed by atoms with E-state index in [0.29, 0.717) is 0 Å². The first-order chi connectivity index (χ1) is 9.19. The van der Waals surface area contributed by atoms with Crippen LogP contribution in [0.3, 0.4) is 0 Å². The number of aryl methyl sites for hydroxylation is 1. The van der Waals surface area contributed by atoms with Gasteiger partial charge in [-0.2, -0.15) is 0 Å². The van der Waals surface area contributed by atoms with Crippen LogP contribution in [0.2, 0.25) is 0 Å². The summed E-state index contributed by atoms with van der Waals surface area (Å²) in [6.45, 7) is 3.86. The van der Waals surface area contributed by atoms with Gasteiger partial charge in [-0.15, -0.1) is 0 Å². The molecule has 3 nitrogen and oxygen atoms in total. The number of aromatic nitrogens is 1. The van der Waals surface area contributed by atoms with E-state index in [1.165, 1.54) is 16.7 Å². The fraction of sp³-hybridized carbons (Fsp3) is 0.312. The van der Waals surface area contributed by atoms with Crippen molar-refractivity contribution >= 4 is 5.82 Å². The fourth-order valence-electron chi connectivity index (χ4n) is 2.15. The van der Waals surface area contributed by atoms with E-state index in [-0.39, 0.29) is 0 Å². The van der Waals surface area contributed by atoms with Crippen molar-refractivity contribution in [3.8, 4) is 0 Å². The second-order valence-corrected chi connectivity index (χ2v) is 4.90. The molecule has 0 aliphatic rings. The minimum Gasteiger partial charge on any atom is -0.355 e. The second-order valence-electron chi connectivity index (χ2n) is 4.90. The van der Waals surface area contributed by atoms with Gasteiger partial charge in [-0.25, -0.2) is 4.98 Å². The number of benzene rings is 1. The zero-order valence-corrected chi connectivity index (χ0v) is 11.9. The van der Waals surface area contributed by atoms with E-state index in [4.69, 9.17) is 0 Å². The molecule has 3 heteroatoms. The Morgan fingerprint density at radius 2 is 2.00 bits per heavy atom. The first kappa shape index (κ1) is 13.6. The molecule has 1 aromatic heterocycles. The van der Waals surface area contributed by atoms with Crippen LogP contribution in [0.15, 0.2) is 42.6 Å². The van der Waals surface area contributed by atoms with Crippen LogP contribution < -0.4 is 10.2 Å². The highest BCUT2D eigenvalue weighted by molar-refractivity contribution is 5.41. The molecule has 0 unspecified atom stereocenters. The molecule has 0 saturated heterocycles. The molecule has 100 valence electrons. The van der Waals surface area contributed by atoms with E-state index >= 15 is 0 Å². The Kier molecular flexibility index (Phi) is 4.53. The average molecular weight is 255 g/mol. The van der Waals surface area contributed by atoms with Crippen molar-refractivity contribution in [1.29, 1.82) is 0 Å². The maximum absolute atomic E-state index is 4.44. The molecular formula is C16H21N3. The molecule has 0 radical (unpaired) electrons. The first-order valence-corrected chi connectivity index (χ1v) is 6.55. The summed E-state index contributed by atoms with van der Waals surface area (Å²) in [6.07, 6.45) is 1.87. The molecular weight excluding hydrogens is 234 g/mol. The SMILES string of the molecule is CNCc1ccnc(N(C)Cc2cccc(C)c2)c1. The zero-order chi connectivity index (χ0) is 13.7. The normalized spacial score (nSPS) is 10.5. The standard InChI is InChI=1S/C16H21N3/c1-13-5-4-6-15(9-13)12-19(3)16-10-14(11-17-2)7-8-18-16/h4-10,17H,11-12H2,1-3H3. The van der Waals surface area contributed by atoms with E-state index in [9.17, 15) is 0 Å². The number of rotatable bonds is 5. The van der Waals surface area contributed by atoms with Gasteiger partial charge in [0.05, 0.1) is 0 Å². The highest BCUT2D eigenvalue weighted by atomic mass is 15.2. The summed E-state index contributed by atoms with van der Waals surface area (Å²) in [6, 6.07) is 12.8. The van der Waals surface area contributed by atoms with Gasteiger partial charge in [0, 0.05) is 26.3 Å². The Bertz CT molecular complexity index is 537. The Morgan fingerprint density at radius 3 is 2.74 bits per heavy atom. The summed E-state index contributed by atoms with van der Waals surface area (Å²) in [5.41, 5.74) is 3.86. The lowest BCUT2D eigenvalue weighted by Gasteiger charge is -2.19. The monoisotopic (exact) mass is 255 g/mol. The van der Waals surface area contributed by atoms with Crippen molar-refractivity contribution < 1.29 is 0 Å². The lowest BCUT2D eigenvalue weighted by molar-refractivity contribution is 0.811. The third kappa shape index (κ3) is 3.80. The molecule has 1 aromatic carbocycles. The van der Waals surface area contributed by atoms with Gasteiger partial charge in [-0.1, -0.05) is 29.8 Å². The van der Waals surface area contributed by atoms with Crippen molar-refractivity contribution in [3.63, 3.8) is 0 Å². The summed E-state index contributed by atoms with van der Waals surface area (Å²) < 4.78 is 0. The molecule has 1 heterocycles. The summed E-state index contributed by atoms with van der Waals surface area (Å²) in [4.78, 5) is 6.61. The molecule has 19 heavy (non-hydrogen) atoms. The van der Waals surface area contributed by atoms with Crippen LogP contribution in [0.25, 0.3) is 0 Å². The van der Waals surface area contributed by atoms with Gasteiger partial charge in [-0.3, -0.25) is 0 Å². The van der Waals surface area contributed by atoms with Crippen molar-refractivity contribution in [1.82, 2.24) is 10.3 Å². The molecule has 0 bridgehead atoms. The first-order valence-electron chi connectivity index (χ1n) is 6.55. The van der Waals surface area contributed by atoms with Crippen LogP contribution in [0, 0.1) is 6.92 Å². The van der Waals surface area contributed by atoms with Crippen LogP contribution >= 0.6 is 0 Å². The van der Waals surface area contributed by atoms with E-state index in [1.807, 2.05) is 19.3 Å². The minimum absolute atomic E-state index is 0.869. The highest BCUT2D eigenvalue weighted by Crippen LogP contribution is 2.15. The third-order valence-corrected chi connectivity index (χ3v) is 3.08. The van der Waals surface area contributed by atoms with Crippen molar-refractivity contribution in [2.75, 3.05) is 19.0 Å². The van der Waals surface area contributed by atoms with Gasteiger partial charge in [0.2, 0.25) is 0 Å². The molecule has 0 amide bonds. The molecule has 0 saturated carbocycles. The van der Waals surface area contributed by atoms with Crippen LogP contribution in [0.5, 0.6) is 0 Å². The third-order valence-electron chi connectivity index (χ3n) is 3.08. The number of nitrogens with zero attached hydrogens (tertiary/aromatic N) is 2. The predicted molar refractivity (Wildman–Crippen MR) is 80.3 cm³/mol. The Labute approximate surface area is 115 Å². The molecule has 1 N–H and O–H groups in total. The van der Waals surface area contributed by atoms with Gasteiger partial charge >= 0.3 is 0 Å².